The topological polar surface area (TPSA) is 71.1 Å². The Kier molecular flexibility index (Phi) is 6.77. The van der Waals surface area contributed by atoms with Gasteiger partial charge in [-0.3, -0.25) is 9.69 Å². The number of nitrogens with zero attached hydrogens (tertiary/aromatic N) is 2. The number of ether oxygens (including phenoxy) is 2. The molecule has 1 fully saturated rings. The minimum absolute atomic E-state index is 0.00497. The molecule has 0 aliphatic carbocycles. The van der Waals surface area contributed by atoms with Gasteiger partial charge in [-0.1, -0.05) is 36.4 Å². The number of halogens is 5. The molecule has 0 saturated carbocycles. The minimum Gasteiger partial charge on any atom is -0.493 e. The zero-order chi connectivity index (χ0) is 24.4. The first-order chi connectivity index (χ1) is 15.5. The number of hydrogen-bond donors (Lipinski definition) is 1. The molecule has 2 aromatic carbocycles. The van der Waals surface area contributed by atoms with Gasteiger partial charge in [0.25, 0.3) is 5.91 Å². The van der Waals surface area contributed by atoms with Crippen molar-refractivity contribution in [1.29, 1.82) is 0 Å². The van der Waals surface area contributed by atoms with Crippen LogP contribution in [0.2, 0.25) is 0 Å². The lowest BCUT2D eigenvalue weighted by Gasteiger charge is -2.30. The van der Waals surface area contributed by atoms with Crippen molar-refractivity contribution < 1.29 is 41.0 Å². The van der Waals surface area contributed by atoms with E-state index in [1.807, 2.05) is 0 Å². The molecule has 0 aromatic heterocycles. The predicted molar refractivity (Wildman–Crippen MR) is 106 cm³/mol. The summed E-state index contributed by atoms with van der Waals surface area (Å²) in [5.41, 5.74) is -3.18. The van der Waals surface area contributed by atoms with Crippen LogP contribution in [-0.2, 0) is 16.9 Å². The molecule has 2 aromatic rings. The molecule has 178 valence electrons. The number of carbonyl (C=O) groups is 2. The molecular formula is C21H20F5N3O4. The summed E-state index contributed by atoms with van der Waals surface area (Å²) in [5.74, 6) is -1.63. The van der Waals surface area contributed by atoms with Crippen molar-refractivity contribution in [3.05, 3.63) is 59.7 Å². The summed E-state index contributed by atoms with van der Waals surface area (Å²) >= 11 is 0. The first-order valence-corrected chi connectivity index (χ1v) is 9.56. The van der Waals surface area contributed by atoms with Crippen molar-refractivity contribution in [2.45, 2.75) is 24.9 Å². The minimum atomic E-state index is -5.09. The predicted octanol–water partition coefficient (Wildman–Crippen LogP) is 3.70. The molecule has 0 spiro atoms. The van der Waals surface area contributed by atoms with Gasteiger partial charge in [-0.05, 0) is 30.3 Å². The van der Waals surface area contributed by atoms with Gasteiger partial charge >= 0.3 is 18.8 Å². The summed E-state index contributed by atoms with van der Waals surface area (Å²) in [6.07, 6.45) is -5.09. The number of amides is 3. The highest BCUT2D eigenvalue weighted by atomic mass is 19.4. The maximum atomic E-state index is 14.0. The van der Waals surface area contributed by atoms with Crippen LogP contribution in [-0.4, -0.2) is 55.4 Å². The third-order valence-electron chi connectivity index (χ3n) is 5.02. The highest BCUT2D eigenvalue weighted by molar-refractivity contribution is 6.08. The molecule has 1 unspecified atom stereocenters. The largest absolute Gasteiger partial charge is 0.493 e. The molecule has 7 nitrogen and oxygen atoms in total. The first-order valence-electron chi connectivity index (χ1n) is 9.56. The van der Waals surface area contributed by atoms with Crippen LogP contribution in [0, 0.1) is 0 Å². The number of nitrogens with one attached hydrogen (secondary N) is 1. The monoisotopic (exact) mass is 473 g/mol. The standard InChI is InChI=1S/C21H20F5N3O4/c1-28(11-13-8-9-15(32-2)16(10-13)33-18(22)23)12-29-17(30)20(21(24,25)26,27-19(29)31)14-6-4-3-5-7-14/h3-10,18H,11-12H2,1-2H3,(H,27,31). The fourth-order valence-corrected chi connectivity index (χ4v) is 3.55. The van der Waals surface area contributed by atoms with E-state index in [-0.39, 0.29) is 18.0 Å². The molecule has 0 bridgehead atoms. The van der Waals surface area contributed by atoms with Crippen LogP contribution in [0.1, 0.15) is 11.1 Å². The van der Waals surface area contributed by atoms with Crippen molar-refractivity contribution in [3.8, 4) is 11.5 Å². The van der Waals surface area contributed by atoms with Gasteiger partial charge in [0, 0.05) is 6.54 Å². The zero-order valence-electron chi connectivity index (χ0n) is 17.5. The SMILES string of the molecule is COc1ccc(CN(C)CN2C(=O)NC(c3ccccc3)(C(F)(F)F)C2=O)cc1OC(F)F. The molecule has 1 N–H and O–H groups in total. The summed E-state index contributed by atoms with van der Waals surface area (Å²) < 4.78 is 76.7. The average Bonchev–Trinajstić information content (AvgIpc) is 3.00. The van der Waals surface area contributed by atoms with E-state index in [1.54, 1.807) is 5.32 Å². The van der Waals surface area contributed by atoms with E-state index in [1.165, 1.54) is 55.5 Å². The third kappa shape index (κ3) is 4.70. The van der Waals surface area contributed by atoms with Crippen LogP contribution in [0.5, 0.6) is 11.5 Å². The van der Waals surface area contributed by atoms with E-state index in [9.17, 15) is 31.5 Å². The van der Waals surface area contributed by atoms with E-state index >= 15 is 0 Å². The van der Waals surface area contributed by atoms with Crippen molar-refractivity contribution in [1.82, 2.24) is 15.1 Å². The summed E-state index contributed by atoms with van der Waals surface area (Å²) in [6, 6.07) is 9.37. The van der Waals surface area contributed by atoms with Crippen LogP contribution >= 0.6 is 0 Å². The van der Waals surface area contributed by atoms with E-state index < -0.39 is 42.5 Å². The molecule has 3 rings (SSSR count). The van der Waals surface area contributed by atoms with Gasteiger partial charge < -0.3 is 14.8 Å². The molecule has 1 saturated heterocycles. The van der Waals surface area contributed by atoms with Crippen LogP contribution in [0.15, 0.2) is 48.5 Å². The number of urea groups is 1. The lowest BCUT2D eigenvalue weighted by Crippen LogP contribution is -2.56. The average molecular weight is 473 g/mol. The van der Waals surface area contributed by atoms with Crippen molar-refractivity contribution in [3.63, 3.8) is 0 Å². The van der Waals surface area contributed by atoms with Crippen LogP contribution in [0.25, 0.3) is 0 Å². The Balaban J connectivity index is 1.81. The summed E-state index contributed by atoms with van der Waals surface area (Å²) in [5, 5.41) is 1.80. The summed E-state index contributed by atoms with van der Waals surface area (Å²) in [7, 11) is 2.73. The maximum absolute atomic E-state index is 14.0. The number of benzene rings is 2. The van der Waals surface area contributed by atoms with E-state index in [2.05, 4.69) is 4.74 Å². The van der Waals surface area contributed by atoms with Gasteiger partial charge in [0.2, 0.25) is 5.54 Å². The van der Waals surface area contributed by atoms with Gasteiger partial charge in [-0.2, -0.15) is 22.0 Å². The first kappa shape index (κ1) is 24.2. The van der Waals surface area contributed by atoms with Gasteiger partial charge in [0.05, 0.1) is 13.8 Å². The summed E-state index contributed by atoms with van der Waals surface area (Å²) in [6.45, 7) is -3.57. The van der Waals surface area contributed by atoms with Gasteiger partial charge in [0.15, 0.2) is 11.5 Å². The number of alkyl halides is 5. The lowest BCUT2D eigenvalue weighted by molar-refractivity contribution is -0.198. The molecule has 1 heterocycles. The van der Waals surface area contributed by atoms with E-state index in [0.29, 0.717) is 10.5 Å². The van der Waals surface area contributed by atoms with E-state index in [4.69, 9.17) is 4.74 Å². The highest BCUT2D eigenvalue weighted by Crippen LogP contribution is 2.43. The highest BCUT2D eigenvalue weighted by Gasteiger charge is 2.68. The zero-order valence-corrected chi connectivity index (χ0v) is 17.5. The Bertz CT molecular complexity index is 1020. The smallest absolute Gasteiger partial charge is 0.425 e. The Morgan fingerprint density at radius 1 is 1.09 bits per heavy atom. The second kappa shape index (κ2) is 9.22. The van der Waals surface area contributed by atoms with Gasteiger partial charge in [-0.25, -0.2) is 9.69 Å². The number of methoxy groups -OCH3 is 1. The Morgan fingerprint density at radius 3 is 2.33 bits per heavy atom. The molecule has 1 aliphatic heterocycles. The van der Waals surface area contributed by atoms with Gasteiger partial charge in [-0.15, -0.1) is 0 Å². The van der Waals surface area contributed by atoms with Crippen LogP contribution in [0.3, 0.4) is 0 Å². The van der Waals surface area contributed by atoms with Crippen molar-refractivity contribution >= 4 is 11.9 Å². The Morgan fingerprint density at radius 2 is 1.76 bits per heavy atom. The maximum Gasteiger partial charge on any atom is 0.425 e. The molecule has 1 aliphatic rings. The molecule has 12 heteroatoms. The summed E-state index contributed by atoms with van der Waals surface area (Å²) in [4.78, 5) is 27.2. The second-order valence-electron chi connectivity index (χ2n) is 7.30. The lowest BCUT2D eigenvalue weighted by atomic mass is 9.89. The van der Waals surface area contributed by atoms with E-state index in [0.717, 1.165) is 12.1 Å². The normalized spacial score (nSPS) is 18.8. The fraction of sp³-hybridized carbons (Fsp3) is 0.333. The number of carbonyl (C=O) groups excluding carboxylic acids is 2. The quantitative estimate of drug-likeness (QED) is 0.468. The number of rotatable bonds is 8. The van der Waals surface area contributed by atoms with Crippen LogP contribution in [0.4, 0.5) is 26.7 Å². The van der Waals surface area contributed by atoms with Crippen molar-refractivity contribution in [2.24, 2.45) is 0 Å². The van der Waals surface area contributed by atoms with Gasteiger partial charge in [0.1, 0.15) is 0 Å². The van der Waals surface area contributed by atoms with Crippen LogP contribution < -0.4 is 14.8 Å². The fourth-order valence-electron chi connectivity index (χ4n) is 3.55. The molecule has 0 radical (unpaired) electrons. The second-order valence-corrected chi connectivity index (χ2v) is 7.30. The number of imide groups is 1. The van der Waals surface area contributed by atoms with Crippen molar-refractivity contribution in [2.75, 3.05) is 20.8 Å². The molecule has 1 atom stereocenters. The Hall–Kier alpha value is -3.41. The molecule has 33 heavy (non-hydrogen) atoms. The molecular weight excluding hydrogens is 453 g/mol. The number of hydrogen-bond acceptors (Lipinski definition) is 5. The third-order valence-corrected chi connectivity index (χ3v) is 5.02. The Labute approximate surface area is 185 Å². The molecule has 3 amide bonds.